The fourth-order valence-electron chi connectivity index (χ4n) is 4.47. The molecule has 1 saturated heterocycles. The highest BCUT2D eigenvalue weighted by molar-refractivity contribution is 7.80. The van der Waals surface area contributed by atoms with Crippen LogP contribution >= 0.6 is 12.2 Å². The minimum atomic E-state index is -0.323. The summed E-state index contributed by atoms with van der Waals surface area (Å²) >= 11 is 5.79. The number of anilines is 2. The molecule has 0 radical (unpaired) electrons. The van der Waals surface area contributed by atoms with Gasteiger partial charge in [0.2, 0.25) is 5.91 Å². The summed E-state index contributed by atoms with van der Waals surface area (Å²) in [5.41, 5.74) is 3.58. The quantitative estimate of drug-likeness (QED) is 0.356. The second-order valence-corrected chi connectivity index (χ2v) is 8.67. The molecule has 0 aliphatic carbocycles. The standard InChI is InChI=1S/C27H24FN5O2S/c1-35-17-24(34)30-18-11-13-19(14-12-18)33-26(25(31-27(33)36)21-8-4-5-15-29-21)23-10-6-16-32(23)22-9-3-2-7-20(22)28/h2-16,25-26H,17H2,1H3,(H,30,34)(H,31,36). The number of rotatable bonds is 7. The third-order valence-corrected chi connectivity index (χ3v) is 6.31. The van der Waals surface area contributed by atoms with Gasteiger partial charge in [-0.2, -0.15) is 0 Å². The van der Waals surface area contributed by atoms with Crippen LogP contribution in [0.25, 0.3) is 5.69 Å². The van der Waals surface area contributed by atoms with E-state index in [-0.39, 0.29) is 30.4 Å². The van der Waals surface area contributed by atoms with Crippen molar-refractivity contribution in [1.82, 2.24) is 14.9 Å². The second-order valence-electron chi connectivity index (χ2n) is 8.28. The van der Waals surface area contributed by atoms with Crippen LogP contribution in [0.4, 0.5) is 15.8 Å². The Morgan fingerprint density at radius 3 is 2.58 bits per heavy atom. The van der Waals surface area contributed by atoms with E-state index >= 15 is 0 Å². The van der Waals surface area contributed by atoms with Gasteiger partial charge in [0.1, 0.15) is 18.5 Å². The summed E-state index contributed by atoms with van der Waals surface area (Å²) in [5, 5.41) is 6.73. The lowest BCUT2D eigenvalue weighted by atomic mass is 10.0. The van der Waals surface area contributed by atoms with Gasteiger partial charge in [-0.1, -0.05) is 18.2 Å². The van der Waals surface area contributed by atoms with Crippen molar-refractivity contribution in [3.05, 3.63) is 108 Å². The Hall–Kier alpha value is -4.08. The van der Waals surface area contributed by atoms with Gasteiger partial charge in [0.25, 0.3) is 0 Å². The van der Waals surface area contributed by atoms with E-state index in [1.165, 1.54) is 13.2 Å². The number of benzene rings is 2. The number of nitrogens with zero attached hydrogens (tertiary/aromatic N) is 3. The first kappa shape index (κ1) is 23.7. The Morgan fingerprint density at radius 2 is 1.86 bits per heavy atom. The summed E-state index contributed by atoms with van der Waals surface area (Å²) < 4.78 is 21.5. The zero-order valence-electron chi connectivity index (χ0n) is 19.5. The molecule has 1 amide bonds. The molecule has 7 nitrogen and oxygen atoms in total. The molecular formula is C27H24FN5O2S. The molecule has 5 rings (SSSR count). The highest BCUT2D eigenvalue weighted by atomic mass is 32.1. The summed E-state index contributed by atoms with van der Waals surface area (Å²) in [4.78, 5) is 18.5. The average molecular weight is 502 g/mol. The van der Waals surface area contributed by atoms with E-state index in [9.17, 15) is 9.18 Å². The lowest BCUT2D eigenvalue weighted by Gasteiger charge is -2.29. The number of carbonyl (C=O) groups excluding carboxylic acids is 1. The predicted molar refractivity (Wildman–Crippen MR) is 141 cm³/mol. The van der Waals surface area contributed by atoms with Crippen molar-refractivity contribution in [1.29, 1.82) is 0 Å². The van der Waals surface area contributed by atoms with Crippen molar-refractivity contribution in [2.75, 3.05) is 23.9 Å². The first-order valence-electron chi connectivity index (χ1n) is 11.4. The highest BCUT2D eigenvalue weighted by Crippen LogP contribution is 2.42. The van der Waals surface area contributed by atoms with Crippen molar-refractivity contribution >= 4 is 34.6 Å². The molecule has 1 aliphatic heterocycles. The van der Waals surface area contributed by atoms with Gasteiger partial charge in [-0.25, -0.2) is 4.39 Å². The first-order chi connectivity index (χ1) is 17.6. The van der Waals surface area contributed by atoms with E-state index in [4.69, 9.17) is 17.0 Å². The number of carbonyl (C=O) groups is 1. The fourth-order valence-corrected chi connectivity index (χ4v) is 4.81. The molecule has 36 heavy (non-hydrogen) atoms. The molecule has 2 atom stereocenters. The zero-order valence-corrected chi connectivity index (χ0v) is 20.3. The van der Waals surface area contributed by atoms with Gasteiger partial charge in [0.15, 0.2) is 5.11 Å². The van der Waals surface area contributed by atoms with E-state index in [1.807, 2.05) is 76.3 Å². The fraction of sp³-hybridized carbons (Fsp3) is 0.148. The molecule has 2 aromatic carbocycles. The molecule has 1 aliphatic rings. The minimum absolute atomic E-state index is 0.0251. The SMILES string of the molecule is COCC(=O)Nc1ccc(N2C(=S)NC(c3ccccn3)C2c2cccn2-c2ccccc2F)cc1. The number of para-hydroxylation sites is 1. The monoisotopic (exact) mass is 501 g/mol. The lowest BCUT2D eigenvalue weighted by molar-refractivity contribution is -0.119. The molecule has 2 aromatic heterocycles. The van der Waals surface area contributed by atoms with Crippen molar-refractivity contribution in [3.63, 3.8) is 0 Å². The summed E-state index contributed by atoms with van der Waals surface area (Å²) in [5.74, 6) is -0.556. The molecule has 0 bridgehead atoms. The van der Waals surface area contributed by atoms with Gasteiger partial charge in [-0.05, 0) is 72.9 Å². The van der Waals surface area contributed by atoms with Crippen LogP contribution in [0.5, 0.6) is 0 Å². The number of amides is 1. The molecule has 2 unspecified atom stereocenters. The van der Waals surface area contributed by atoms with E-state index in [1.54, 1.807) is 18.3 Å². The Bertz CT molecular complexity index is 1380. The van der Waals surface area contributed by atoms with Gasteiger partial charge in [-0.15, -0.1) is 0 Å². The maximum absolute atomic E-state index is 14.8. The Kier molecular flexibility index (Phi) is 6.75. The van der Waals surface area contributed by atoms with E-state index in [2.05, 4.69) is 15.6 Å². The summed E-state index contributed by atoms with van der Waals surface area (Å²) in [6.45, 7) is -0.0251. The molecule has 0 spiro atoms. The third kappa shape index (κ3) is 4.58. The summed E-state index contributed by atoms with van der Waals surface area (Å²) in [6.07, 6.45) is 3.59. The van der Waals surface area contributed by atoms with Gasteiger partial charge in [-0.3, -0.25) is 9.78 Å². The van der Waals surface area contributed by atoms with Crippen LogP contribution in [0.1, 0.15) is 23.5 Å². The number of hydrogen-bond acceptors (Lipinski definition) is 4. The van der Waals surface area contributed by atoms with Crippen LogP contribution in [0.3, 0.4) is 0 Å². The van der Waals surface area contributed by atoms with Crippen molar-refractivity contribution in [3.8, 4) is 5.69 Å². The van der Waals surface area contributed by atoms with Crippen LogP contribution < -0.4 is 15.5 Å². The molecule has 0 saturated carbocycles. The van der Waals surface area contributed by atoms with Crippen LogP contribution in [0, 0.1) is 5.82 Å². The zero-order chi connectivity index (χ0) is 25.1. The van der Waals surface area contributed by atoms with Gasteiger partial charge in [0.05, 0.1) is 17.4 Å². The minimum Gasteiger partial charge on any atom is -0.375 e. The largest absolute Gasteiger partial charge is 0.375 e. The third-order valence-electron chi connectivity index (χ3n) is 6.00. The number of thiocarbonyl (C=S) groups is 1. The maximum Gasteiger partial charge on any atom is 0.250 e. The number of halogens is 1. The topological polar surface area (TPSA) is 71.4 Å². The normalized spacial score (nSPS) is 17.2. The molecule has 182 valence electrons. The lowest BCUT2D eigenvalue weighted by Crippen LogP contribution is -2.30. The number of ether oxygens (including phenoxy) is 1. The Balaban J connectivity index is 1.57. The molecule has 3 heterocycles. The van der Waals surface area contributed by atoms with Gasteiger partial charge < -0.3 is 24.8 Å². The van der Waals surface area contributed by atoms with Crippen LogP contribution in [-0.2, 0) is 9.53 Å². The molecule has 1 fully saturated rings. The smallest absolute Gasteiger partial charge is 0.250 e. The van der Waals surface area contributed by atoms with Crippen LogP contribution in [0.15, 0.2) is 91.3 Å². The maximum atomic E-state index is 14.8. The molecular weight excluding hydrogens is 477 g/mol. The number of hydrogen-bond donors (Lipinski definition) is 2. The first-order valence-corrected chi connectivity index (χ1v) is 11.8. The van der Waals surface area contributed by atoms with E-state index in [0.717, 1.165) is 17.1 Å². The van der Waals surface area contributed by atoms with Gasteiger partial charge in [0, 0.05) is 36.6 Å². The molecule has 9 heteroatoms. The number of aromatic nitrogens is 2. The highest BCUT2D eigenvalue weighted by Gasteiger charge is 2.42. The van der Waals surface area contributed by atoms with Crippen LogP contribution in [0.2, 0.25) is 0 Å². The Morgan fingerprint density at radius 1 is 1.08 bits per heavy atom. The Labute approximate surface area is 213 Å². The van der Waals surface area contributed by atoms with Crippen LogP contribution in [-0.4, -0.2) is 34.3 Å². The van der Waals surface area contributed by atoms with Gasteiger partial charge >= 0.3 is 0 Å². The summed E-state index contributed by atoms with van der Waals surface area (Å²) in [7, 11) is 1.47. The van der Waals surface area contributed by atoms with E-state index in [0.29, 0.717) is 16.5 Å². The number of pyridine rings is 1. The van der Waals surface area contributed by atoms with Crippen molar-refractivity contribution in [2.45, 2.75) is 12.1 Å². The van der Waals surface area contributed by atoms with E-state index < -0.39 is 0 Å². The number of nitrogens with one attached hydrogen (secondary N) is 2. The summed E-state index contributed by atoms with van der Waals surface area (Å²) in [6, 6.07) is 23.1. The second kappa shape index (κ2) is 10.3. The predicted octanol–water partition coefficient (Wildman–Crippen LogP) is 4.77. The molecule has 2 N–H and O–H groups in total. The average Bonchev–Trinajstić information content (AvgIpc) is 3.50. The number of methoxy groups -OCH3 is 1. The molecule has 4 aromatic rings. The van der Waals surface area contributed by atoms with Crippen molar-refractivity contribution < 1.29 is 13.9 Å². The van der Waals surface area contributed by atoms with Crippen molar-refractivity contribution in [2.24, 2.45) is 0 Å².